The van der Waals surface area contributed by atoms with Crippen LogP contribution in [0.2, 0.25) is 0 Å². The van der Waals surface area contributed by atoms with E-state index in [9.17, 15) is 0 Å². The van der Waals surface area contributed by atoms with Crippen molar-refractivity contribution in [3.8, 4) is 0 Å². The van der Waals surface area contributed by atoms with E-state index in [-0.39, 0.29) is 11.5 Å². The van der Waals surface area contributed by atoms with Crippen LogP contribution in [0.4, 0.5) is 0 Å². The van der Waals surface area contributed by atoms with Gasteiger partial charge in [-0.15, -0.1) is 11.3 Å². The standard InChI is InChI=1S/C16H20N4S/c1-16(2,12-6-4-3-5-7-12)14(19-17)10-13-11-20-8-9-21-15(20)18-13/h3-9,11,14,19H,10,17H2,1-2H3. The van der Waals surface area contributed by atoms with E-state index in [1.807, 2.05) is 17.6 Å². The predicted molar refractivity (Wildman–Crippen MR) is 87.4 cm³/mol. The van der Waals surface area contributed by atoms with Crippen LogP contribution in [0.25, 0.3) is 4.96 Å². The van der Waals surface area contributed by atoms with Crippen molar-refractivity contribution in [2.75, 3.05) is 0 Å². The van der Waals surface area contributed by atoms with Gasteiger partial charge in [0.05, 0.1) is 5.69 Å². The van der Waals surface area contributed by atoms with Crippen molar-refractivity contribution in [2.45, 2.75) is 31.7 Å². The number of nitrogens with one attached hydrogen (secondary N) is 1. The Labute approximate surface area is 128 Å². The Morgan fingerprint density at radius 3 is 2.76 bits per heavy atom. The zero-order valence-corrected chi connectivity index (χ0v) is 13.1. The maximum atomic E-state index is 5.83. The summed E-state index contributed by atoms with van der Waals surface area (Å²) >= 11 is 1.65. The Morgan fingerprint density at radius 2 is 2.10 bits per heavy atom. The van der Waals surface area contributed by atoms with Gasteiger partial charge in [-0.05, 0) is 5.56 Å². The first-order valence-corrected chi connectivity index (χ1v) is 7.92. The van der Waals surface area contributed by atoms with Crippen LogP contribution < -0.4 is 11.3 Å². The molecular formula is C16H20N4S. The number of hydrogen-bond donors (Lipinski definition) is 2. The molecule has 0 radical (unpaired) electrons. The maximum Gasteiger partial charge on any atom is 0.193 e. The molecule has 5 heteroatoms. The second-order valence-corrected chi connectivity index (χ2v) is 6.71. The lowest BCUT2D eigenvalue weighted by molar-refractivity contribution is 0.340. The van der Waals surface area contributed by atoms with Crippen molar-refractivity contribution in [1.82, 2.24) is 14.8 Å². The zero-order chi connectivity index (χ0) is 14.9. The zero-order valence-electron chi connectivity index (χ0n) is 12.3. The molecule has 3 aromatic rings. The molecule has 1 atom stereocenters. The molecule has 4 nitrogen and oxygen atoms in total. The van der Waals surface area contributed by atoms with Gasteiger partial charge in [-0.25, -0.2) is 4.98 Å². The van der Waals surface area contributed by atoms with E-state index in [1.165, 1.54) is 5.56 Å². The summed E-state index contributed by atoms with van der Waals surface area (Å²) in [6.07, 6.45) is 4.91. The molecule has 3 N–H and O–H groups in total. The van der Waals surface area contributed by atoms with Crippen LogP contribution in [-0.2, 0) is 11.8 Å². The second-order valence-electron chi connectivity index (χ2n) is 5.84. The summed E-state index contributed by atoms with van der Waals surface area (Å²) < 4.78 is 2.06. The summed E-state index contributed by atoms with van der Waals surface area (Å²) in [6, 6.07) is 10.6. The third-order valence-corrected chi connectivity index (χ3v) is 4.92. The molecule has 0 saturated heterocycles. The number of hydrogen-bond acceptors (Lipinski definition) is 4. The Hall–Kier alpha value is -1.69. The quantitative estimate of drug-likeness (QED) is 0.563. The van der Waals surface area contributed by atoms with Crippen LogP contribution in [0.3, 0.4) is 0 Å². The highest BCUT2D eigenvalue weighted by Crippen LogP contribution is 2.28. The van der Waals surface area contributed by atoms with Gasteiger partial charge in [0.2, 0.25) is 0 Å². The molecule has 1 aromatic carbocycles. The Morgan fingerprint density at radius 1 is 1.33 bits per heavy atom. The minimum absolute atomic E-state index is 0.0763. The van der Waals surface area contributed by atoms with Gasteiger partial charge in [-0.3, -0.25) is 15.7 Å². The predicted octanol–water partition coefficient (Wildman–Crippen LogP) is 2.75. The van der Waals surface area contributed by atoms with E-state index < -0.39 is 0 Å². The van der Waals surface area contributed by atoms with E-state index in [2.05, 4.69) is 59.1 Å². The lowest BCUT2D eigenvalue weighted by atomic mass is 9.76. The third kappa shape index (κ3) is 2.72. The molecule has 0 amide bonds. The molecule has 1 unspecified atom stereocenters. The summed E-state index contributed by atoms with van der Waals surface area (Å²) in [6.45, 7) is 4.43. The minimum atomic E-state index is -0.0763. The molecule has 0 bridgehead atoms. The van der Waals surface area contributed by atoms with Gasteiger partial charge < -0.3 is 0 Å². The molecule has 0 fully saturated rings. The number of rotatable bonds is 5. The number of nitrogens with zero attached hydrogens (tertiary/aromatic N) is 2. The number of aromatic nitrogens is 2. The van der Waals surface area contributed by atoms with Crippen LogP contribution in [0.5, 0.6) is 0 Å². The number of nitrogens with two attached hydrogens (primary N) is 1. The first-order valence-electron chi connectivity index (χ1n) is 7.04. The molecule has 0 aliphatic rings. The fraction of sp³-hybridized carbons (Fsp3) is 0.312. The Balaban J connectivity index is 1.85. The highest BCUT2D eigenvalue weighted by molar-refractivity contribution is 7.15. The third-order valence-electron chi connectivity index (χ3n) is 4.15. The highest BCUT2D eigenvalue weighted by atomic mass is 32.1. The van der Waals surface area contributed by atoms with E-state index >= 15 is 0 Å². The summed E-state index contributed by atoms with van der Waals surface area (Å²) in [7, 11) is 0. The first kappa shape index (κ1) is 14.3. The largest absolute Gasteiger partial charge is 0.297 e. The highest BCUT2D eigenvalue weighted by Gasteiger charge is 2.31. The molecule has 21 heavy (non-hydrogen) atoms. The van der Waals surface area contributed by atoms with Crippen molar-refractivity contribution in [2.24, 2.45) is 5.84 Å². The van der Waals surface area contributed by atoms with Crippen molar-refractivity contribution in [3.05, 3.63) is 59.4 Å². The second kappa shape index (κ2) is 5.60. The molecule has 2 aromatic heterocycles. The summed E-state index contributed by atoms with van der Waals surface area (Å²) in [4.78, 5) is 5.68. The number of thiazole rings is 1. The number of benzene rings is 1. The molecule has 110 valence electrons. The van der Waals surface area contributed by atoms with Crippen LogP contribution in [0.1, 0.15) is 25.1 Å². The average molecular weight is 300 g/mol. The van der Waals surface area contributed by atoms with Gasteiger partial charge in [0, 0.05) is 35.7 Å². The molecule has 3 rings (SSSR count). The van der Waals surface area contributed by atoms with Crippen LogP contribution >= 0.6 is 11.3 Å². The number of imidazole rings is 1. The fourth-order valence-electron chi connectivity index (χ4n) is 2.67. The molecule has 0 aliphatic carbocycles. The van der Waals surface area contributed by atoms with Gasteiger partial charge in [0.1, 0.15) is 0 Å². The van der Waals surface area contributed by atoms with E-state index in [0.717, 1.165) is 17.1 Å². The lowest BCUT2D eigenvalue weighted by Crippen LogP contribution is -2.49. The molecule has 0 saturated carbocycles. The fourth-order valence-corrected chi connectivity index (χ4v) is 3.39. The summed E-state index contributed by atoms with van der Waals surface area (Å²) in [5, 5.41) is 2.04. The smallest absolute Gasteiger partial charge is 0.193 e. The van der Waals surface area contributed by atoms with Crippen molar-refractivity contribution in [3.63, 3.8) is 0 Å². The normalized spacial score (nSPS) is 13.7. The summed E-state index contributed by atoms with van der Waals surface area (Å²) in [5.41, 5.74) is 5.24. The van der Waals surface area contributed by atoms with Crippen LogP contribution in [0.15, 0.2) is 48.1 Å². The summed E-state index contributed by atoms with van der Waals surface area (Å²) in [5.74, 6) is 5.83. The van der Waals surface area contributed by atoms with Crippen molar-refractivity contribution < 1.29 is 0 Å². The maximum absolute atomic E-state index is 5.83. The SMILES string of the molecule is CC(C)(c1ccccc1)C(Cc1cn2ccsc2n1)NN. The van der Waals surface area contributed by atoms with Crippen molar-refractivity contribution in [1.29, 1.82) is 0 Å². The van der Waals surface area contributed by atoms with Crippen LogP contribution in [0, 0.1) is 0 Å². The van der Waals surface area contributed by atoms with Gasteiger partial charge in [0.25, 0.3) is 0 Å². The average Bonchev–Trinajstić information content (AvgIpc) is 3.06. The monoisotopic (exact) mass is 300 g/mol. The Bertz CT molecular complexity index is 686. The van der Waals surface area contributed by atoms with Gasteiger partial charge >= 0.3 is 0 Å². The number of fused-ring (bicyclic) bond motifs is 1. The molecule has 2 heterocycles. The van der Waals surface area contributed by atoms with Gasteiger partial charge in [-0.1, -0.05) is 44.2 Å². The topological polar surface area (TPSA) is 55.3 Å². The van der Waals surface area contributed by atoms with Gasteiger partial charge in [-0.2, -0.15) is 0 Å². The number of hydrazine groups is 1. The molecule has 0 spiro atoms. The molecular weight excluding hydrogens is 280 g/mol. The van der Waals surface area contributed by atoms with Crippen LogP contribution in [-0.4, -0.2) is 15.4 Å². The lowest BCUT2D eigenvalue weighted by Gasteiger charge is -2.34. The van der Waals surface area contributed by atoms with E-state index in [1.54, 1.807) is 11.3 Å². The van der Waals surface area contributed by atoms with E-state index in [4.69, 9.17) is 5.84 Å². The van der Waals surface area contributed by atoms with Crippen molar-refractivity contribution >= 4 is 16.3 Å². The molecule has 0 aliphatic heterocycles. The Kier molecular flexibility index (Phi) is 3.80. The van der Waals surface area contributed by atoms with Gasteiger partial charge in [0.15, 0.2) is 4.96 Å². The minimum Gasteiger partial charge on any atom is -0.297 e. The van der Waals surface area contributed by atoms with E-state index in [0.29, 0.717) is 0 Å². The first-order chi connectivity index (χ1) is 10.1.